The Morgan fingerprint density at radius 2 is 1.76 bits per heavy atom. The number of benzene rings is 2. The molecule has 37 heavy (non-hydrogen) atoms. The van der Waals surface area contributed by atoms with Crippen molar-refractivity contribution in [1.82, 2.24) is 20.2 Å². The number of carbonyl (C=O) groups is 2. The molecule has 2 aromatic carbocycles. The molecule has 0 aliphatic carbocycles. The van der Waals surface area contributed by atoms with Crippen molar-refractivity contribution < 1.29 is 9.59 Å². The predicted molar refractivity (Wildman–Crippen MR) is 145 cm³/mol. The highest BCUT2D eigenvalue weighted by Crippen LogP contribution is 2.25. The number of carbonyl (C=O) groups excluding carboxylic acids is 2. The van der Waals surface area contributed by atoms with Crippen LogP contribution in [-0.2, 0) is 24.3 Å². The van der Waals surface area contributed by atoms with Crippen LogP contribution in [0.5, 0.6) is 0 Å². The van der Waals surface area contributed by atoms with E-state index in [-0.39, 0.29) is 11.9 Å². The summed E-state index contributed by atoms with van der Waals surface area (Å²) < 4.78 is 0. The first-order valence-electron chi connectivity index (χ1n) is 12.4. The van der Waals surface area contributed by atoms with Gasteiger partial charge in [0, 0.05) is 62.3 Å². The van der Waals surface area contributed by atoms with Gasteiger partial charge in [0.05, 0.1) is 6.54 Å². The van der Waals surface area contributed by atoms with Gasteiger partial charge in [0.25, 0.3) is 0 Å². The number of likely N-dealkylation sites (N-methyl/N-ethyl adjacent to an activating group) is 1. The molecule has 1 aromatic heterocycles. The maximum Gasteiger partial charge on any atom is 0.323 e. The van der Waals surface area contributed by atoms with Crippen molar-refractivity contribution >= 4 is 29.1 Å². The van der Waals surface area contributed by atoms with Crippen molar-refractivity contribution in [2.24, 2.45) is 0 Å². The zero-order valence-corrected chi connectivity index (χ0v) is 21.0. The third-order valence-corrected chi connectivity index (χ3v) is 6.74. The summed E-state index contributed by atoms with van der Waals surface area (Å²) in [5.41, 5.74) is 4.83. The van der Waals surface area contributed by atoms with Crippen LogP contribution in [0.4, 0.5) is 22.0 Å². The Morgan fingerprint density at radius 3 is 2.46 bits per heavy atom. The summed E-state index contributed by atoms with van der Waals surface area (Å²) in [4.78, 5) is 40.0. The first kappa shape index (κ1) is 24.5. The Labute approximate surface area is 216 Å². The molecule has 190 valence electrons. The van der Waals surface area contributed by atoms with Gasteiger partial charge in [-0.25, -0.2) is 14.8 Å². The molecule has 3 heterocycles. The van der Waals surface area contributed by atoms with E-state index in [0.717, 1.165) is 42.9 Å². The fourth-order valence-corrected chi connectivity index (χ4v) is 4.53. The standard InChI is InChI=1S/C28H31N7O2/c1-3-26(36)31-23-8-4-21(5-9-23)19-35-27-22(18-30-28(35)37)17-29-25(32-27)16-20-6-10-24(11-7-20)34-14-12-33(2)13-15-34/h3-11,17H,1,12-16,18-19H2,2H3,(H,30,37)(H,31,36). The van der Waals surface area contributed by atoms with Crippen molar-refractivity contribution in [3.05, 3.63) is 89.9 Å². The van der Waals surface area contributed by atoms with E-state index >= 15 is 0 Å². The maximum atomic E-state index is 12.8. The van der Waals surface area contributed by atoms with E-state index < -0.39 is 0 Å². The Bertz CT molecular complexity index is 1280. The molecule has 0 radical (unpaired) electrons. The smallest absolute Gasteiger partial charge is 0.323 e. The van der Waals surface area contributed by atoms with E-state index in [1.54, 1.807) is 23.2 Å². The van der Waals surface area contributed by atoms with Crippen LogP contribution >= 0.6 is 0 Å². The largest absolute Gasteiger partial charge is 0.369 e. The van der Waals surface area contributed by atoms with Gasteiger partial charge in [-0.3, -0.25) is 9.69 Å². The summed E-state index contributed by atoms with van der Waals surface area (Å²) >= 11 is 0. The maximum absolute atomic E-state index is 12.8. The van der Waals surface area contributed by atoms with E-state index in [1.165, 1.54) is 11.8 Å². The van der Waals surface area contributed by atoms with E-state index in [1.807, 2.05) is 12.1 Å². The fourth-order valence-electron chi connectivity index (χ4n) is 4.53. The van der Waals surface area contributed by atoms with Crippen LogP contribution in [0.25, 0.3) is 0 Å². The van der Waals surface area contributed by atoms with Gasteiger partial charge in [-0.1, -0.05) is 30.8 Å². The number of hydrogen-bond acceptors (Lipinski definition) is 6. The molecule has 0 saturated carbocycles. The molecule has 3 amide bonds. The third kappa shape index (κ3) is 5.78. The fraction of sp³-hybridized carbons (Fsp3) is 0.286. The van der Waals surface area contributed by atoms with Gasteiger partial charge >= 0.3 is 6.03 Å². The van der Waals surface area contributed by atoms with Gasteiger partial charge in [0.1, 0.15) is 11.6 Å². The Balaban J connectivity index is 1.29. The first-order chi connectivity index (χ1) is 18.0. The highest BCUT2D eigenvalue weighted by atomic mass is 16.2. The van der Waals surface area contributed by atoms with Gasteiger partial charge in [-0.15, -0.1) is 0 Å². The van der Waals surface area contributed by atoms with Crippen LogP contribution in [0.3, 0.4) is 0 Å². The van der Waals surface area contributed by atoms with E-state index in [2.05, 4.69) is 63.3 Å². The summed E-state index contributed by atoms with van der Waals surface area (Å²) in [7, 11) is 2.16. The normalized spacial score (nSPS) is 15.6. The SMILES string of the molecule is C=CC(=O)Nc1ccc(CN2C(=O)NCc3cnc(Cc4ccc(N5CCN(C)CC5)cc4)nc32)cc1. The van der Waals surface area contributed by atoms with Crippen molar-refractivity contribution in [2.45, 2.75) is 19.5 Å². The number of rotatable bonds is 7. The lowest BCUT2D eigenvalue weighted by Gasteiger charge is -2.34. The summed E-state index contributed by atoms with van der Waals surface area (Å²) in [5, 5.41) is 5.62. The minimum absolute atomic E-state index is 0.197. The molecule has 0 bridgehead atoms. The molecule has 1 saturated heterocycles. The Morgan fingerprint density at radius 1 is 1.05 bits per heavy atom. The van der Waals surface area contributed by atoms with Crippen molar-refractivity contribution in [3.63, 3.8) is 0 Å². The number of anilines is 3. The van der Waals surface area contributed by atoms with Gasteiger partial charge in [0.2, 0.25) is 5.91 Å². The molecule has 3 aromatic rings. The number of nitrogens with zero attached hydrogens (tertiary/aromatic N) is 5. The summed E-state index contributed by atoms with van der Waals surface area (Å²) in [5.74, 6) is 1.04. The van der Waals surface area contributed by atoms with Gasteiger partial charge in [-0.2, -0.15) is 0 Å². The third-order valence-electron chi connectivity index (χ3n) is 6.74. The molecule has 5 rings (SSSR count). The number of amides is 3. The molecular weight excluding hydrogens is 466 g/mol. The van der Waals surface area contributed by atoms with Crippen LogP contribution in [0.1, 0.15) is 22.5 Å². The highest BCUT2D eigenvalue weighted by Gasteiger charge is 2.26. The summed E-state index contributed by atoms with van der Waals surface area (Å²) in [6, 6.07) is 15.8. The molecule has 9 nitrogen and oxygen atoms in total. The van der Waals surface area contributed by atoms with Crippen LogP contribution in [0, 0.1) is 0 Å². The van der Waals surface area contributed by atoms with E-state index in [9.17, 15) is 9.59 Å². The number of piperazine rings is 1. The molecular formula is C28H31N7O2. The van der Waals surface area contributed by atoms with Crippen LogP contribution in [0.2, 0.25) is 0 Å². The van der Waals surface area contributed by atoms with Crippen LogP contribution < -0.4 is 20.4 Å². The molecule has 2 aliphatic heterocycles. The minimum atomic E-state index is -0.268. The van der Waals surface area contributed by atoms with Crippen LogP contribution in [0.15, 0.2) is 67.4 Å². The Hall–Kier alpha value is -4.24. The second-order valence-corrected chi connectivity index (χ2v) is 9.40. The topological polar surface area (TPSA) is 93.7 Å². The second-order valence-electron chi connectivity index (χ2n) is 9.40. The molecule has 2 aliphatic rings. The predicted octanol–water partition coefficient (Wildman–Crippen LogP) is 3.17. The molecule has 0 unspecified atom stereocenters. The second kappa shape index (κ2) is 10.8. The summed E-state index contributed by atoms with van der Waals surface area (Å²) in [6.07, 6.45) is 3.61. The number of fused-ring (bicyclic) bond motifs is 1. The quantitative estimate of drug-likeness (QED) is 0.487. The first-order valence-corrected chi connectivity index (χ1v) is 12.4. The van der Waals surface area contributed by atoms with Gasteiger partial charge in [-0.05, 0) is 48.5 Å². The zero-order valence-electron chi connectivity index (χ0n) is 21.0. The van der Waals surface area contributed by atoms with E-state index in [0.29, 0.717) is 36.8 Å². The zero-order chi connectivity index (χ0) is 25.8. The molecule has 0 spiro atoms. The van der Waals surface area contributed by atoms with Crippen molar-refractivity contribution in [3.8, 4) is 0 Å². The highest BCUT2D eigenvalue weighted by molar-refractivity contribution is 5.98. The lowest BCUT2D eigenvalue weighted by molar-refractivity contribution is -0.111. The average Bonchev–Trinajstić information content (AvgIpc) is 2.92. The summed E-state index contributed by atoms with van der Waals surface area (Å²) in [6.45, 7) is 8.43. The average molecular weight is 498 g/mol. The van der Waals surface area contributed by atoms with Gasteiger partial charge in [0.15, 0.2) is 0 Å². The number of urea groups is 1. The lowest BCUT2D eigenvalue weighted by Crippen LogP contribution is -2.44. The molecule has 0 atom stereocenters. The molecule has 1 fully saturated rings. The lowest BCUT2D eigenvalue weighted by atomic mass is 10.1. The number of aromatic nitrogens is 2. The van der Waals surface area contributed by atoms with Gasteiger partial charge < -0.3 is 20.4 Å². The number of nitrogens with one attached hydrogen (secondary N) is 2. The minimum Gasteiger partial charge on any atom is -0.369 e. The van der Waals surface area contributed by atoms with E-state index in [4.69, 9.17) is 4.98 Å². The molecule has 9 heteroatoms. The Kier molecular flexibility index (Phi) is 7.14. The number of hydrogen-bond donors (Lipinski definition) is 2. The van der Waals surface area contributed by atoms with Crippen molar-refractivity contribution in [1.29, 1.82) is 0 Å². The van der Waals surface area contributed by atoms with Crippen LogP contribution in [-0.4, -0.2) is 60.0 Å². The monoisotopic (exact) mass is 497 g/mol. The van der Waals surface area contributed by atoms with Crippen molar-refractivity contribution in [2.75, 3.05) is 48.3 Å². The molecule has 2 N–H and O–H groups in total.